The zero-order chi connectivity index (χ0) is 11.4. The van der Waals surface area contributed by atoms with E-state index in [2.05, 4.69) is 17.4 Å². The van der Waals surface area contributed by atoms with Gasteiger partial charge in [0.25, 0.3) is 0 Å². The molecule has 0 spiro atoms. The molecule has 2 aromatic carbocycles. The summed E-state index contributed by atoms with van der Waals surface area (Å²) >= 11 is 5.83. The molecule has 0 aliphatic heterocycles. The first kappa shape index (κ1) is 10.8. The fourth-order valence-electron chi connectivity index (χ4n) is 1.49. The Morgan fingerprint density at radius 1 is 1.06 bits per heavy atom. The molecule has 0 atom stereocenters. The van der Waals surface area contributed by atoms with Crippen molar-refractivity contribution in [2.24, 2.45) is 0 Å². The average Bonchev–Trinajstić information content (AvgIpc) is 2.29. The van der Waals surface area contributed by atoms with Gasteiger partial charge in [-0.3, -0.25) is 0 Å². The van der Waals surface area contributed by atoms with Gasteiger partial charge in [-0.05, 0) is 23.8 Å². The topological polar surface area (TPSA) is 38.0 Å². The van der Waals surface area contributed by atoms with Crippen molar-refractivity contribution < 1.29 is 0 Å². The van der Waals surface area contributed by atoms with Gasteiger partial charge in [-0.1, -0.05) is 41.9 Å². The van der Waals surface area contributed by atoms with Crippen LogP contribution in [0.2, 0.25) is 5.02 Å². The van der Waals surface area contributed by atoms with Crippen LogP contribution in [0, 0.1) is 0 Å². The van der Waals surface area contributed by atoms with Gasteiger partial charge in [0, 0.05) is 11.6 Å². The predicted molar refractivity (Wildman–Crippen MR) is 69.6 cm³/mol. The lowest BCUT2D eigenvalue weighted by Crippen LogP contribution is -2.02. The first-order chi connectivity index (χ1) is 7.75. The van der Waals surface area contributed by atoms with E-state index in [1.807, 2.05) is 30.3 Å². The molecule has 16 heavy (non-hydrogen) atoms. The summed E-state index contributed by atoms with van der Waals surface area (Å²) in [5.41, 5.74) is 8.64. The van der Waals surface area contributed by atoms with Crippen LogP contribution >= 0.6 is 11.6 Å². The predicted octanol–water partition coefficient (Wildman–Crippen LogP) is 3.53. The number of hydrogen-bond donors (Lipinski definition) is 2. The Balaban J connectivity index is 2.05. The van der Waals surface area contributed by atoms with Crippen molar-refractivity contribution in [2.45, 2.75) is 6.54 Å². The molecule has 0 aliphatic carbocycles. The molecule has 0 aromatic heterocycles. The Hall–Kier alpha value is -1.67. The SMILES string of the molecule is Nc1cc(Cl)ccc1NCc1ccccc1. The lowest BCUT2D eigenvalue weighted by Gasteiger charge is -2.09. The first-order valence-corrected chi connectivity index (χ1v) is 5.46. The Bertz CT molecular complexity index is 469. The van der Waals surface area contributed by atoms with Crippen LogP contribution in [-0.4, -0.2) is 0 Å². The summed E-state index contributed by atoms with van der Waals surface area (Å²) in [5, 5.41) is 3.93. The highest BCUT2D eigenvalue weighted by Crippen LogP contribution is 2.23. The number of nitrogens with one attached hydrogen (secondary N) is 1. The fraction of sp³-hybridized carbons (Fsp3) is 0.0769. The van der Waals surface area contributed by atoms with E-state index in [1.54, 1.807) is 6.07 Å². The molecule has 0 fully saturated rings. The van der Waals surface area contributed by atoms with Crippen molar-refractivity contribution in [3.8, 4) is 0 Å². The van der Waals surface area contributed by atoms with Gasteiger partial charge in [-0.15, -0.1) is 0 Å². The minimum Gasteiger partial charge on any atom is -0.397 e. The summed E-state index contributed by atoms with van der Waals surface area (Å²) in [7, 11) is 0. The van der Waals surface area contributed by atoms with Crippen molar-refractivity contribution >= 4 is 23.0 Å². The molecular formula is C13H13ClN2. The second kappa shape index (κ2) is 4.90. The summed E-state index contributed by atoms with van der Waals surface area (Å²) < 4.78 is 0. The highest BCUT2D eigenvalue weighted by Gasteiger charge is 1.99. The zero-order valence-corrected chi connectivity index (χ0v) is 9.54. The lowest BCUT2D eigenvalue weighted by molar-refractivity contribution is 1.15. The van der Waals surface area contributed by atoms with Gasteiger partial charge in [0.1, 0.15) is 0 Å². The number of benzene rings is 2. The number of nitrogen functional groups attached to an aromatic ring is 1. The molecule has 0 heterocycles. The van der Waals surface area contributed by atoms with Gasteiger partial charge in [-0.25, -0.2) is 0 Å². The summed E-state index contributed by atoms with van der Waals surface area (Å²) in [5.74, 6) is 0. The van der Waals surface area contributed by atoms with E-state index in [1.165, 1.54) is 5.56 Å². The Morgan fingerprint density at radius 3 is 2.50 bits per heavy atom. The molecular weight excluding hydrogens is 220 g/mol. The van der Waals surface area contributed by atoms with Crippen LogP contribution < -0.4 is 11.1 Å². The van der Waals surface area contributed by atoms with Crippen LogP contribution in [0.15, 0.2) is 48.5 Å². The fourth-order valence-corrected chi connectivity index (χ4v) is 1.67. The quantitative estimate of drug-likeness (QED) is 0.795. The van der Waals surface area contributed by atoms with Gasteiger partial charge in [0.05, 0.1) is 11.4 Å². The van der Waals surface area contributed by atoms with Crippen molar-refractivity contribution in [2.75, 3.05) is 11.1 Å². The number of anilines is 2. The van der Waals surface area contributed by atoms with E-state index >= 15 is 0 Å². The minimum absolute atomic E-state index is 0.655. The van der Waals surface area contributed by atoms with Gasteiger partial charge < -0.3 is 11.1 Å². The second-order valence-electron chi connectivity index (χ2n) is 3.57. The Morgan fingerprint density at radius 2 is 1.81 bits per heavy atom. The van der Waals surface area contributed by atoms with Gasteiger partial charge in [0.15, 0.2) is 0 Å². The van der Waals surface area contributed by atoms with Crippen LogP contribution in [0.1, 0.15) is 5.56 Å². The molecule has 2 rings (SSSR count). The van der Waals surface area contributed by atoms with E-state index in [4.69, 9.17) is 17.3 Å². The van der Waals surface area contributed by atoms with Crippen LogP contribution in [0.25, 0.3) is 0 Å². The maximum absolute atomic E-state index is 5.84. The molecule has 0 saturated carbocycles. The summed E-state index contributed by atoms with van der Waals surface area (Å²) in [6.45, 7) is 0.757. The van der Waals surface area contributed by atoms with Crippen molar-refractivity contribution in [3.05, 3.63) is 59.1 Å². The molecule has 0 amide bonds. The van der Waals surface area contributed by atoms with Crippen LogP contribution in [0.3, 0.4) is 0 Å². The van der Waals surface area contributed by atoms with E-state index in [0.29, 0.717) is 10.7 Å². The van der Waals surface area contributed by atoms with Crippen LogP contribution in [0.4, 0.5) is 11.4 Å². The number of nitrogens with two attached hydrogens (primary N) is 1. The van der Waals surface area contributed by atoms with E-state index in [0.717, 1.165) is 12.2 Å². The number of halogens is 1. The molecule has 0 unspecified atom stereocenters. The monoisotopic (exact) mass is 232 g/mol. The minimum atomic E-state index is 0.655. The molecule has 0 saturated heterocycles. The number of hydrogen-bond acceptors (Lipinski definition) is 2. The Kier molecular flexibility index (Phi) is 3.32. The molecule has 2 nitrogen and oxygen atoms in total. The van der Waals surface area contributed by atoms with Crippen LogP contribution in [-0.2, 0) is 6.54 Å². The van der Waals surface area contributed by atoms with Gasteiger partial charge in [0.2, 0.25) is 0 Å². The standard InChI is InChI=1S/C13H13ClN2/c14-11-6-7-13(12(15)8-11)16-9-10-4-2-1-3-5-10/h1-8,16H,9,15H2. The molecule has 82 valence electrons. The van der Waals surface area contributed by atoms with E-state index < -0.39 is 0 Å². The lowest BCUT2D eigenvalue weighted by atomic mass is 10.2. The van der Waals surface area contributed by atoms with E-state index in [-0.39, 0.29) is 0 Å². The van der Waals surface area contributed by atoms with Gasteiger partial charge >= 0.3 is 0 Å². The van der Waals surface area contributed by atoms with Crippen molar-refractivity contribution in [3.63, 3.8) is 0 Å². The highest BCUT2D eigenvalue weighted by atomic mass is 35.5. The molecule has 3 N–H and O–H groups in total. The summed E-state index contributed by atoms with van der Waals surface area (Å²) in [4.78, 5) is 0. The molecule has 0 radical (unpaired) electrons. The second-order valence-corrected chi connectivity index (χ2v) is 4.01. The summed E-state index contributed by atoms with van der Waals surface area (Å²) in [6, 6.07) is 15.6. The molecule has 0 aliphatic rings. The molecule has 3 heteroatoms. The largest absolute Gasteiger partial charge is 0.397 e. The zero-order valence-electron chi connectivity index (χ0n) is 8.78. The Labute approximate surface area is 100 Å². The first-order valence-electron chi connectivity index (χ1n) is 5.08. The van der Waals surface area contributed by atoms with E-state index in [9.17, 15) is 0 Å². The third-order valence-corrected chi connectivity index (χ3v) is 2.57. The maximum atomic E-state index is 5.84. The third kappa shape index (κ3) is 2.67. The average molecular weight is 233 g/mol. The molecule has 0 bridgehead atoms. The van der Waals surface area contributed by atoms with Crippen molar-refractivity contribution in [1.82, 2.24) is 0 Å². The van der Waals surface area contributed by atoms with Crippen molar-refractivity contribution in [1.29, 1.82) is 0 Å². The van der Waals surface area contributed by atoms with Gasteiger partial charge in [-0.2, -0.15) is 0 Å². The normalized spacial score (nSPS) is 10.1. The highest BCUT2D eigenvalue weighted by molar-refractivity contribution is 6.31. The maximum Gasteiger partial charge on any atom is 0.0577 e. The molecule has 2 aromatic rings. The third-order valence-electron chi connectivity index (χ3n) is 2.34. The number of rotatable bonds is 3. The van der Waals surface area contributed by atoms with Crippen LogP contribution in [0.5, 0.6) is 0 Å². The smallest absolute Gasteiger partial charge is 0.0577 e. The summed E-state index contributed by atoms with van der Waals surface area (Å²) in [6.07, 6.45) is 0.